The summed E-state index contributed by atoms with van der Waals surface area (Å²) in [6, 6.07) is 3.28. The number of amides is 1. The van der Waals surface area contributed by atoms with Gasteiger partial charge in [0.05, 0.1) is 0 Å². The molecule has 23 heavy (non-hydrogen) atoms. The molecular weight excluding hydrogens is 302 g/mol. The lowest BCUT2D eigenvalue weighted by atomic mass is 9.91. The number of hydrogen-bond acceptors (Lipinski definition) is 3. The zero-order valence-corrected chi connectivity index (χ0v) is 13.8. The standard InChI is InChI=1S/C17H24F2N2O2/c1-10-7-14(8-11(2)15(10)23-17(18)19)16(22)21-6-4-5-13(9-21)12(3)20/h7-8,12-13,17H,4-6,9,20H2,1-3H3. The lowest BCUT2D eigenvalue weighted by Gasteiger charge is -2.34. The molecule has 0 aliphatic carbocycles. The van der Waals surface area contributed by atoms with Gasteiger partial charge in [0.25, 0.3) is 5.91 Å². The summed E-state index contributed by atoms with van der Waals surface area (Å²) in [4.78, 5) is 14.5. The van der Waals surface area contributed by atoms with E-state index in [4.69, 9.17) is 5.73 Å². The third-order valence-electron chi connectivity index (χ3n) is 4.40. The number of aryl methyl sites for hydroxylation is 2. The van der Waals surface area contributed by atoms with Crippen LogP contribution in [0.5, 0.6) is 5.75 Å². The normalized spacial score (nSPS) is 19.8. The molecule has 1 fully saturated rings. The predicted molar refractivity (Wildman–Crippen MR) is 84.8 cm³/mol. The van der Waals surface area contributed by atoms with E-state index >= 15 is 0 Å². The molecule has 0 spiro atoms. The maximum atomic E-state index is 12.7. The number of ether oxygens (including phenoxy) is 1. The molecule has 1 aliphatic heterocycles. The molecule has 0 aromatic heterocycles. The second-order valence-corrected chi connectivity index (χ2v) is 6.33. The summed E-state index contributed by atoms with van der Waals surface area (Å²) in [5.74, 6) is 0.366. The fourth-order valence-corrected chi connectivity index (χ4v) is 3.15. The van der Waals surface area contributed by atoms with Crippen molar-refractivity contribution in [3.63, 3.8) is 0 Å². The summed E-state index contributed by atoms with van der Waals surface area (Å²) < 4.78 is 29.4. The van der Waals surface area contributed by atoms with Gasteiger partial charge in [0.15, 0.2) is 0 Å². The highest BCUT2D eigenvalue weighted by Crippen LogP contribution is 2.28. The van der Waals surface area contributed by atoms with Gasteiger partial charge in [-0.2, -0.15) is 8.78 Å². The molecule has 2 atom stereocenters. The zero-order chi connectivity index (χ0) is 17.1. The van der Waals surface area contributed by atoms with E-state index in [1.165, 1.54) is 0 Å². The van der Waals surface area contributed by atoms with Crippen LogP contribution in [0.15, 0.2) is 12.1 Å². The summed E-state index contributed by atoms with van der Waals surface area (Å²) in [6.07, 6.45) is 1.96. The van der Waals surface area contributed by atoms with E-state index in [1.807, 2.05) is 6.92 Å². The van der Waals surface area contributed by atoms with Crippen LogP contribution in [0.1, 0.15) is 41.3 Å². The minimum atomic E-state index is -2.87. The van der Waals surface area contributed by atoms with Crippen LogP contribution in [0.3, 0.4) is 0 Å². The quantitative estimate of drug-likeness (QED) is 0.925. The maximum absolute atomic E-state index is 12.7. The number of nitrogens with zero attached hydrogens (tertiary/aromatic N) is 1. The molecule has 0 radical (unpaired) electrons. The summed E-state index contributed by atoms with van der Waals surface area (Å²) in [5, 5.41) is 0. The third-order valence-corrected chi connectivity index (χ3v) is 4.40. The fraction of sp³-hybridized carbons (Fsp3) is 0.588. The molecule has 6 heteroatoms. The Kier molecular flexibility index (Phi) is 5.57. The number of rotatable bonds is 4. The van der Waals surface area contributed by atoms with Crippen LogP contribution in [-0.4, -0.2) is 36.5 Å². The SMILES string of the molecule is Cc1cc(C(=O)N2CCCC(C(C)N)C2)cc(C)c1OC(F)F. The lowest BCUT2D eigenvalue weighted by molar-refractivity contribution is -0.0507. The van der Waals surface area contributed by atoms with Gasteiger partial charge in [0.2, 0.25) is 0 Å². The number of halogens is 2. The Morgan fingerprint density at radius 2 is 1.96 bits per heavy atom. The number of piperidine rings is 1. The van der Waals surface area contributed by atoms with Gasteiger partial charge in [-0.15, -0.1) is 0 Å². The summed E-state index contributed by atoms with van der Waals surface area (Å²) in [7, 11) is 0. The van der Waals surface area contributed by atoms with Crippen molar-refractivity contribution in [3.8, 4) is 5.75 Å². The van der Waals surface area contributed by atoms with E-state index in [0.717, 1.165) is 12.8 Å². The molecule has 1 amide bonds. The monoisotopic (exact) mass is 326 g/mol. The molecule has 1 aliphatic rings. The first-order valence-electron chi connectivity index (χ1n) is 7.90. The van der Waals surface area contributed by atoms with E-state index in [9.17, 15) is 13.6 Å². The number of nitrogens with two attached hydrogens (primary N) is 1. The van der Waals surface area contributed by atoms with Crippen LogP contribution >= 0.6 is 0 Å². The number of benzene rings is 1. The molecule has 0 bridgehead atoms. The van der Waals surface area contributed by atoms with Gasteiger partial charge in [-0.25, -0.2) is 0 Å². The number of carbonyl (C=O) groups excluding carboxylic acids is 1. The van der Waals surface area contributed by atoms with Crippen molar-refractivity contribution in [1.29, 1.82) is 0 Å². The highest BCUT2D eigenvalue weighted by molar-refractivity contribution is 5.95. The van der Waals surface area contributed by atoms with Crippen LogP contribution in [-0.2, 0) is 0 Å². The van der Waals surface area contributed by atoms with E-state index in [0.29, 0.717) is 35.7 Å². The van der Waals surface area contributed by atoms with Gasteiger partial charge >= 0.3 is 6.61 Å². The van der Waals surface area contributed by atoms with Crippen molar-refractivity contribution in [2.75, 3.05) is 13.1 Å². The van der Waals surface area contributed by atoms with Crippen molar-refractivity contribution < 1.29 is 18.3 Å². The van der Waals surface area contributed by atoms with Gasteiger partial charge in [0, 0.05) is 24.7 Å². The Bertz CT molecular complexity index is 553. The van der Waals surface area contributed by atoms with Crippen molar-refractivity contribution in [1.82, 2.24) is 4.90 Å². The lowest BCUT2D eigenvalue weighted by Crippen LogP contribution is -2.45. The van der Waals surface area contributed by atoms with Crippen molar-refractivity contribution >= 4 is 5.91 Å². The second kappa shape index (κ2) is 7.25. The number of hydrogen-bond donors (Lipinski definition) is 1. The molecule has 1 aromatic carbocycles. The third kappa shape index (κ3) is 4.19. The van der Waals surface area contributed by atoms with Crippen LogP contribution in [0.4, 0.5) is 8.78 Å². The van der Waals surface area contributed by atoms with Gasteiger partial charge in [-0.1, -0.05) is 0 Å². The topological polar surface area (TPSA) is 55.6 Å². The Morgan fingerprint density at radius 3 is 2.48 bits per heavy atom. The average molecular weight is 326 g/mol. The minimum Gasteiger partial charge on any atom is -0.434 e. The summed E-state index contributed by atoms with van der Waals surface area (Å²) in [5.41, 5.74) is 7.54. The average Bonchev–Trinajstić information content (AvgIpc) is 2.49. The molecule has 0 saturated carbocycles. The van der Waals surface area contributed by atoms with E-state index in [1.54, 1.807) is 30.9 Å². The smallest absolute Gasteiger partial charge is 0.387 e. The molecule has 1 heterocycles. The highest BCUT2D eigenvalue weighted by atomic mass is 19.3. The molecule has 128 valence electrons. The first-order chi connectivity index (χ1) is 10.8. The summed E-state index contributed by atoms with van der Waals surface area (Å²) >= 11 is 0. The molecule has 4 nitrogen and oxygen atoms in total. The molecule has 2 rings (SSSR count). The Morgan fingerprint density at radius 1 is 1.35 bits per heavy atom. The van der Waals surface area contributed by atoms with Crippen LogP contribution in [0.25, 0.3) is 0 Å². The molecule has 2 unspecified atom stereocenters. The second-order valence-electron chi connectivity index (χ2n) is 6.33. The fourth-order valence-electron chi connectivity index (χ4n) is 3.15. The maximum Gasteiger partial charge on any atom is 0.387 e. The summed E-state index contributed by atoms with van der Waals surface area (Å²) in [6.45, 7) is 3.77. The van der Waals surface area contributed by atoms with E-state index < -0.39 is 6.61 Å². The predicted octanol–water partition coefficient (Wildman–Crippen LogP) is 3.10. The zero-order valence-electron chi connectivity index (χ0n) is 13.8. The van der Waals surface area contributed by atoms with Gasteiger partial charge in [0.1, 0.15) is 5.75 Å². The largest absolute Gasteiger partial charge is 0.434 e. The number of likely N-dealkylation sites (tertiary alicyclic amines) is 1. The Balaban J connectivity index is 2.19. The van der Waals surface area contributed by atoms with Crippen LogP contribution in [0.2, 0.25) is 0 Å². The molecule has 1 saturated heterocycles. The Hall–Kier alpha value is -1.69. The van der Waals surface area contributed by atoms with Crippen molar-refractivity contribution in [2.24, 2.45) is 11.7 Å². The van der Waals surface area contributed by atoms with Crippen molar-refractivity contribution in [3.05, 3.63) is 28.8 Å². The molecule has 1 aromatic rings. The molecular formula is C17H24F2N2O2. The van der Waals surface area contributed by atoms with Crippen LogP contribution < -0.4 is 10.5 Å². The van der Waals surface area contributed by atoms with Crippen LogP contribution in [0, 0.1) is 19.8 Å². The first kappa shape index (κ1) is 17.7. The van der Waals surface area contributed by atoms with Gasteiger partial charge in [-0.3, -0.25) is 4.79 Å². The first-order valence-corrected chi connectivity index (χ1v) is 7.90. The molecule has 2 N–H and O–H groups in total. The highest BCUT2D eigenvalue weighted by Gasteiger charge is 2.27. The van der Waals surface area contributed by atoms with E-state index in [-0.39, 0.29) is 17.7 Å². The van der Waals surface area contributed by atoms with Crippen molar-refractivity contribution in [2.45, 2.75) is 46.3 Å². The van der Waals surface area contributed by atoms with Gasteiger partial charge in [-0.05, 0) is 62.8 Å². The van der Waals surface area contributed by atoms with E-state index in [2.05, 4.69) is 4.74 Å². The Labute approximate surface area is 135 Å². The minimum absolute atomic E-state index is 0.0518. The van der Waals surface area contributed by atoms with Gasteiger partial charge < -0.3 is 15.4 Å². The number of carbonyl (C=O) groups is 1. The number of alkyl halides is 2.